The molecule has 12 heteroatoms. The van der Waals surface area contributed by atoms with E-state index >= 15 is 0 Å². The first-order valence-corrected chi connectivity index (χ1v) is 13.2. The SMILES string of the molecule is CC1=C(C(=O)OC(C)C)[C@H](c2ccc(Cl)cc2)n2c(s/c(=C/c3cc(Cl)c(OCC(=O)O)c(Cl)c3)c2=O)=N1. The number of fused-ring (bicyclic) bond motifs is 1. The standard InChI is InChI=1S/C26H21Cl3N2O6S/c1-12(2)37-25(35)21-13(3)30-26-31(22(21)15-4-6-16(27)7-5-15)24(34)19(38-26)10-14-8-17(28)23(18(29)9-14)36-11-20(32)33/h4-10,12,22H,11H2,1-3H3,(H,32,33)/b19-10+/t22-/m0/s1. The Bertz CT molecular complexity index is 1620. The molecule has 0 saturated heterocycles. The predicted octanol–water partition coefficient (Wildman–Crippen LogP) is 4.61. The number of benzene rings is 2. The number of allylic oxidation sites excluding steroid dienone is 1. The fourth-order valence-electron chi connectivity index (χ4n) is 3.91. The molecule has 198 valence electrons. The van der Waals surface area contributed by atoms with Crippen LogP contribution in [0.25, 0.3) is 6.08 Å². The monoisotopic (exact) mass is 594 g/mol. The summed E-state index contributed by atoms with van der Waals surface area (Å²) in [5, 5.41) is 9.54. The van der Waals surface area contributed by atoms with Crippen LogP contribution >= 0.6 is 46.1 Å². The minimum atomic E-state index is -1.18. The van der Waals surface area contributed by atoms with Crippen LogP contribution in [-0.4, -0.2) is 34.3 Å². The smallest absolute Gasteiger partial charge is 0.341 e. The Labute approximate surface area is 236 Å². The van der Waals surface area contributed by atoms with E-state index in [1.165, 1.54) is 16.7 Å². The number of thiazole rings is 1. The summed E-state index contributed by atoms with van der Waals surface area (Å²) >= 11 is 19.8. The third kappa shape index (κ3) is 5.81. The third-order valence-corrected chi connectivity index (χ3v) is 7.22. The molecule has 0 spiro atoms. The predicted molar refractivity (Wildman–Crippen MR) is 146 cm³/mol. The summed E-state index contributed by atoms with van der Waals surface area (Å²) in [4.78, 5) is 42.6. The quantitative estimate of drug-likeness (QED) is 0.400. The zero-order valence-electron chi connectivity index (χ0n) is 20.3. The van der Waals surface area contributed by atoms with Gasteiger partial charge in [-0.15, -0.1) is 0 Å². The van der Waals surface area contributed by atoms with Gasteiger partial charge in [-0.25, -0.2) is 14.6 Å². The van der Waals surface area contributed by atoms with Crippen molar-refractivity contribution in [3.8, 4) is 5.75 Å². The van der Waals surface area contributed by atoms with E-state index in [1.54, 1.807) is 51.1 Å². The van der Waals surface area contributed by atoms with Gasteiger partial charge in [0, 0.05) is 5.02 Å². The molecule has 1 atom stereocenters. The van der Waals surface area contributed by atoms with Crippen LogP contribution in [0.4, 0.5) is 0 Å². The molecule has 0 aliphatic carbocycles. The van der Waals surface area contributed by atoms with Crippen LogP contribution in [0.15, 0.2) is 57.5 Å². The Kier molecular flexibility index (Phi) is 8.32. The summed E-state index contributed by atoms with van der Waals surface area (Å²) in [5.74, 6) is -1.71. The Morgan fingerprint density at radius 3 is 2.37 bits per heavy atom. The van der Waals surface area contributed by atoms with E-state index in [9.17, 15) is 14.4 Å². The molecule has 0 bridgehead atoms. The molecule has 4 rings (SSSR count). The summed E-state index contributed by atoms with van der Waals surface area (Å²) in [5.41, 5.74) is 1.47. The number of halogens is 3. The van der Waals surface area contributed by atoms with Gasteiger partial charge in [-0.2, -0.15) is 0 Å². The fraction of sp³-hybridized carbons (Fsp3) is 0.231. The van der Waals surface area contributed by atoms with Crippen molar-refractivity contribution in [3.63, 3.8) is 0 Å². The lowest BCUT2D eigenvalue weighted by Gasteiger charge is -2.25. The number of carboxylic acid groups (broad SMARTS) is 1. The van der Waals surface area contributed by atoms with Crippen molar-refractivity contribution in [2.75, 3.05) is 6.61 Å². The molecule has 3 aromatic rings. The second kappa shape index (κ2) is 11.3. The Morgan fingerprint density at radius 1 is 1.16 bits per heavy atom. The highest BCUT2D eigenvalue weighted by Crippen LogP contribution is 2.35. The maximum Gasteiger partial charge on any atom is 0.341 e. The van der Waals surface area contributed by atoms with Gasteiger partial charge in [-0.05, 0) is 62.2 Å². The summed E-state index contributed by atoms with van der Waals surface area (Å²) in [7, 11) is 0. The Balaban J connectivity index is 1.86. The minimum absolute atomic E-state index is 0.0287. The molecule has 0 amide bonds. The van der Waals surface area contributed by atoms with E-state index in [0.29, 0.717) is 31.2 Å². The highest BCUT2D eigenvalue weighted by molar-refractivity contribution is 7.07. The number of nitrogens with zero attached hydrogens (tertiary/aromatic N) is 2. The largest absolute Gasteiger partial charge is 0.479 e. The lowest BCUT2D eigenvalue weighted by Crippen LogP contribution is -2.40. The second-order valence-electron chi connectivity index (χ2n) is 8.58. The van der Waals surface area contributed by atoms with E-state index in [1.807, 2.05) is 0 Å². The fourth-order valence-corrected chi connectivity index (χ4v) is 5.69. The highest BCUT2D eigenvalue weighted by Gasteiger charge is 2.33. The third-order valence-electron chi connectivity index (χ3n) is 5.43. The van der Waals surface area contributed by atoms with Crippen LogP contribution in [0.1, 0.15) is 37.9 Å². The van der Waals surface area contributed by atoms with Crippen LogP contribution in [0.5, 0.6) is 5.75 Å². The van der Waals surface area contributed by atoms with Gasteiger partial charge in [0.25, 0.3) is 5.56 Å². The molecule has 0 radical (unpaired) electrons. The zero-order chi connectivity index (χ0) is 27.7. The number of hydrogen-bond donors (Lipinski definition) is 1. The van der Waals surface area contributed by atoms with Crippen LogP contribution in [-0.2, 0) is 14.3 Å². The Morgan fingerprint density at radius 2 is 1.79 bits per heavy atom. The summed E-state index contributed by atoms with van der Waals surface area (Å²) in [6.45, 7) is 4.58. The molecular formula is C26H21Cl3N2O6S. The topological polar surface area (TPSA) is 107 Å². The number of aromatic nitrogens is 1. The number of ether oxygens (including phenoxy) is 2. The number of aliphatic carboxylic acids is 1. The summed E-state index contributed by atoms with van der Waals surface area (Å²) < 4.78 is 12.4. The molecule has 1 aliphatic rings. The lowest BCUT2D eigenvalue weighted by molar-refractivity contribution is -0.143. The van der Waals surface area contributed by atoms with Crippen molar-refractivity contribution >= 4 is 64.2 Å². The van der Waals surface area contributed by atoms with E-state index in [4.69, 9.17) is 49.4 Å². The van der Waals surface area contributed by atoms with E-state index < -0.39 is 24.6 Å². The highest BCUT2D eigenvalue weighted by atomic mass is 35.5. The van der Waals surface area contributed by atoms with Crippen molar-refractivity contribution in [3.05, 3.63) is 93.6 Å². The van der Waals surface area contributed by atoms with Crippen LogP contribution < -0.4 is 19.6 Å². The molecule has 2 heterocycles. The number of rotatable bonds is 7. The minimum Gasteiger partial charge on any atom is -0.479 e. The maximum absolute atomic E-state index is 13.7. The molecule has 1 aliphatic heterocycles. The molecule has 8 nitrogen and oxygen atoms in total. The number of hydrogen-bond acceptors (Lipinski definition) is 7. The summed E-state index contributed by atoms with van der Waals surface area (Å²) in [6, 6.07) is 9.11. The van der Waals surface area contributed by atoms with Gasteiger partial charge in [0.15, 0.2) is 17.2 Å². The molecule has 0 unspecified atom stereocenters. The molecule has 1 aromatic heterocycles. The van der Waals surface area contributed by atoms with Gasteiger partial charge in [-0.3, -0.25) is 9.36 Å². The van der Waals surface area contributed by atoms with Crippen LogP contribution in [0.3, 0.4) is 0 Å². The van der Waals surface area contributed by atoms with Gasteiger partial charge in [0.05, 0.1) is 38.0 Å². The van der Waals surface area contributed by atoms with Crippen molar-refractivity contribution in [1.82, 2.24) is 4.57 Å². The van der Waals surface area contributed by atoms with Crippen molar-refractivity contribution < 1.29 is 24.2 Å². The van der Waals surface area contributed by atoms with Crippen molar-refractivity contribution in [1.29, 1.82) is 0 Å². The molecule has 0 fully saturated rings. The van der Waals surface area contributed by atoms with E-state index in [0.717, 1.165) is 11.3 Å². The number of esters is 1. The van der Waals surface area contributed by atoms with Gasteiger partial charge >= 0.3 is 11.9 Å². The van der Waals surface area contributed by atoms with E-state index in [-0.39, 0.29) is 33.0 Å². The molecule has 2 aromatic carbocycles. The molecular weight excluding hydrogens is 575 g/mol. The van der Waals surface area contributed by atoms with Crippen molar-refractivity contribution in [2.45, 2.75) is 32.9 Å². The number of carboxylic acids is 1. The average molecular weight is 596 g/mol. The Hall–Kier alpha value is -3.11. The normalized spacial score (nSPS) is 15.3. The summed E-state index contributed by atoms with van der Waals surface area (Å²) in [6.07, 6.45) is 1.22. The lowest BCUT2D eigenvalue weighted by atomic mass is 9.96. The number of carbonyl (C=O) groups excluding carboxylic acids is 1. The molecule has 0 saturated carbocycles. The van der Waals surface area contributed by atoms with Crippen LogP contribution in [0, 0.1) is 0 Å². The maximum atomic E-state index is 13.7. The van der Waals surface area contributed by atoms with Gasteiger partial charge in [-0.1, -0.05) is 58.3 Å². The first-order valence-electron chi connectivity index (χ1n) is 11.3. The molecule has 1 N–H and O–H groups in total. The van der Waals surface area contributed by atoms with Gasteiger partial charge in [0.2, 0.25) is 0 Å². The second-order valence-corrected chi connectivity index (χ2v) is 10.8. The van der Waals surface area contributed by atoms with Gasteiger partial charge < -0.3 is 14.6 Å². The first kappa shape index (κ1) is 27.9. The van der Waals surface area contributed by atoms with E-state index in [2.05, 4.69) is 4.99 Å². The van der Waals surface area contributed by atoms with Crippen LogP contribution in [0.2, 0.25) is 15.1 Å². The average Bonchev–Trinajstić information content (AvgIpc) is 3.11. The molecule has 38 heavy (non-hydrogen) atoms. The number of carbonyl (C=O) groups is 2. The van der Waals surface area contributed by atoms with Crippen molar-refractivity contribution in [2.24, 2.45) is 4.99 Å². The first-order chi connectivity index (χ1) is 18.0. The zero-order valence-corrected chi connectivity index (χ0v) is 23.4. The van der Waals surface area contributed by atoms with Gasteiger partial charge in [0.1, 0.15) is 0 Å².